The Morgan fingerprint density at radius 1 is 1.00 bits per heavy atom. The number of hydrogen-bond acceptors (Lipinski definition) is 4. The molecule has 1 saturated heterocycles. The summed E-state index contributed by atoms with van der Waals surface area (Å²) in [7, 11) is 1.78. The third-order valence-corrected chi connectivity index (χ3v) is 6.75. The van der Waals surface area contributed by atoms with E-state index in [1.807, 2.05) is 37.3 Å². The number of aryl methyl sites for hydroxylation is 3. The van der Waals surface area contributed by atoms with Crippen LogP contribution in [0.15, 0.2) is 41.2 Å². The van der Waals surface area contributed by atoms with Crippen molar-refractivity contribution in [2.75, 3.05) is 42.5 Å². The van der Waals surface area contributed by atoms with Gasteiger partial charge in [0.25, 0.3) is 12.0 Å². The van der Waals surface area contributed by atoms with E-state index in [1.54, 1.807) is 17.7 Å². The van der Waals surface area contributed by atoms with E-state index in [0.29, 0.717) is 11.3 Å². The smallest absolute Gasteiger partial charge is 0.265 e. The lowest BCUT2D eigenvalue weighted by molar-refractivity contribution is 0.151. The second-order valence-electron chi connectivity index (χ2n) is 8.73. The van der Waals surface area contributed by atoms with Crippen molar-refractivity contribution in [2.24, 2.45) is 7.05 Å². The first-order valence-electron chi connectivity index (χ1n) is 11.2. The summed E-state index contributed by atoms with van der Waals surface area (Å²) in [5, 5.41) is 4.26. The fraction of sp³-hybridized carbons (Fsp3) is 0.400. The SMILES string of the molecule is Cc1cc2c(N3CCCc4cc(N5CCNCC5)c(C(F)F)cc43)cccc2n(C)c1=O. The van der Waals surface area contributed by atoms with Crippen molar-refractivity contribution in [3.8, 4) is 0 Å². The van der Waals surface area contributed by atoms with Crippen LogP contribution < -0.4 is 20.7 Å². The van der Waals surface area contributed by atoms with Crippen molar-refractivity contribution >= 4 is 28.0 Å². The fourth-order valence-electron chi connectivity index (χ4n) is 5.11. The Morgan fingerprint density at radius 2 is 1.78 bits per heavy atom. The van der Waals surface area contributed by atoms with Crippen LogP contribution in [0.5, 0.6) is 0 Å². The molecule has 168 valence electrons. The molecule has 0 bridgehead atoms. The van der Waals surface area contributed by atoms with Gasteiger partial charge in [-0.2, -0.15) is 0 Å². The molecule has 0 aliphatic carbocycles. The molecule has 0 spiro atoms. The minimum Gasteiger partial charge on any atom is -0.369 e. The summed E-state index contributed by atoms with van der Waals surface area (Å²) in [6.07, 6.45) is -0.718. The molecule has 3 aromatic rings. The van der Waals surface area contributed by atoms with Crippen molar-refractivity contribution in [3.63, 3.8) is 0 Å². The van der Waals surface area contributed by atoms with Gasteiger partial charge in [0.2, 0.25) is 0 Å². The van der Waals surface area contributed by atoms with Gasteiger partial charge in [-0.05, 0) is 55.7 Å². The predicted molar refractivity (Wildman–Crippen MR) is 126 cm³/mol. The lowest BCUT2D eigenvalue weighted by Crippen LogP contribution is -2.44. The summed E-state index contributed by atoms with van der Waals surface area (Å²) < 4.78 is 30.0. The van der Waals surface area contributed by atoms with Crippen molar-refractivity contribution < 1.29 is 8.78 Å². The Bertz CT molecular complexity index is 1230. The van der Waals surface area contributed by atoms with Crippen molar-refractivity contribution in [3.05, 3.63) is 63.4 Å². The average molecular weight is 439 g/mol. The van der Waals surface area contributed by atoms with Crippen LogP contribution in [0.25, 0.3) is 10.9 Å². The topological polar surface area (TPSA) is 40.5 Å². The Labute approximate surface area is 186 Å². The molecule has 2 aliphatic rings. The quantitative estimate of drug-likeness (QED) is 0.663. The maximum Gasteiger partial charge on any atom is 0.265 e. The standard InChI is InChI=1S/C25H28F2N4O/c1-16-13-18-20(29(2)25(16)32)6-3-7-21(18)31-10-4-5-17-14-23(30-11-8-28-9-12-30)19(24(26)27)15-22(17)31/h3,6-7,13-15,24,28H,4-5,8-12H2,1-2H3. The number of nitrogens with zero attached hydrogens (tertiary/aromatic N) is 3. The summed E-state index contributed by atoms with van der Waals surface area (Å²) in [6, 6.07) is 11.5. The molecule has 2 aromatic carbocycles. The zero-order valence-electron chi connectivity index (χ0n) is 18.5. The van der Waals surface area contributed by atoms with E-state index in [4.69, 9.17) is 0 Å². The van der Waals surface area contributed by atoms with E-state index in [2.05, 4.69) is 15.1 Å². The number of rotatable bonds is 3. The minimum absolute atomic E-state index is 0.0191. The van der Waals surface area contributed by atoms with E-state index >= 15 is 0 Å². The highest BCUT2D eigenvalue weighted by Crippen LogP contribution is 2.42. The van der Waals surface area contributed by atoms with Crippen LogP contribution in [-0.4, -0.2) is 37.3 Å². The van der Waals surface area contributed by atoms with E-state index in [0.717, 1.165) is 73.4 Å². The normalized spacial score (nSPS) is 16.7. The zero-order valence-corrected chi connectivity index (χ0v) is 18.5. The first kappa shape index (κ1) is 20.9. The number of alkyl halides is 2. The minimum atomic E-state index is -2.54. The summed E-state index contributed by atoms with van der Waals surface area (Å²) in [4.78, 5) is 16.7. The van der Waals surface area contributed by atoms with Gasteiger partial charge in [0.15, 0.2) is 0 Å². The number of halogens is 2. The predicted octanol–water partition coefficient (Wildman–Crippen LogP) is 4.28. The summed E-state index contributed by atoms with van der Waals surface area (Å²) in [5.41, 5.74) is 5.17. The zero-order chi connectivity index (χ0) is 22.4. The Morgan fingerprint density at radius 3 is 2.53 bits per heavy atom. The van der Waals surface area contributed by atoms with Gasteiger partial charge < -0.3 is 19.7 Å². The third kappa shape index (κ3) is 3.45. The Hall–Kier alpha value is -2.93. The summed E-state index contributed by atoms with van der Waals surface area (Å²) in [6.45, 7) is 5.65. The van der Waals surface area contributed by atoms with Crippen LogP contribution in [0.4, 0.5) is 25.8 Å². The second kappa shape index (κ2) is 8.20. The number of nitrogens with one attached hydrogen (secondary N) is 1. The number of fused-ring (bicyclic) bond motifs is 2. The van der Waals surface area contributed by atoms with Crippen molar-refractivity contribution in [2.45, 2.75) is 26.2 Å². The van der Waals surface area contributed by atoms with Gasteiger partial charge >= 0.3 is 0 Å². The largest absolute Gasteiger partial charge is 0.369 e. The highest BCUT2D eigenvalue weighted by molar-refractivity contribution is 5.95. The van der Waals surface area contributed by atoms with Crippen LogP contribution in [0.3, 0.4) is 0 Å². The van der Waals surface area contributed by atoms with E-state index in [9.17, 15) is 13.6 Å². The molecule has 0 atom stereocenters. The fourth-order valence-corrected chi connectivity index (χ4v) is 5.11. The lowest BCUT2D eigenvalue weighted by atomic mass is 9.96. The number of pyridine rings is 1. The molecule has 0 radical (unpaired) electrons. The number of aromatic nitrogens is 1. The number of anilines is 3. The highest BCUT2D eigenvalue weighted by Gasteiger charge is 2.27. The lowest BCUT2D eigenvalue weighted by Gasteiger charge is -2.36. The highest BCUT2D eigenvalue weighted by atomic mass is 19.3. The summed E-state index contributed by atoms with van der Waals surface area (Å²) in [5.74, 6) is 0. The monoisotopic (exact) mass is 438 g/mol. The maximum atomic E-state index is 14.2. The number of piperazine rings is 1. The van der Waals surface area contributed by atoms with Crippen LogP contribution >= 0.6 is 0 Å². The molecule has 5 nitrogen and oxygen atoms in total. The molecule has 1 fully saturated rings. The maximum absolute atomic E-state index is 14.2. The molecule has 5 rings (SSSR count). The molecule has 0 saturated carbocycles. The summed E-state index contributed by atoms with van der Waals surface area (Å²) >= 11 is 0. The van der Waals surface area contributed by atoms with Gasteiger partial charge in [-0.15, -0.1) is 0 Å². The molecular weight excluding hydrogens is 410 g/mol. The molecule has 2 aliphatic heterocycles. The van der Waals surface area contributed by atoms with Gasteiger partial charge in [0, 0.05) is 67.7 Å². The van der Waals surface area contributed by atoms with Gasteiger partial charge in [0.05, 0.1) is 11.2 Å². The first-order valence-corrected chi connectivity index (χ1v) is 11.2. The van der Waals surface area contributed by atoms with E-state index < -0.39 is 6.43 Å². The Kier molecular flexibility index (Phi) is 5.37. The molecule has 0 amide bonds. The van der Waals surface area contributed by atoms with Crippen LogP contribution in [-0.2, 0) is 13.5 Å². The van der Waals surface area contributed by atoms with Crippen LogP contribution in [0, 0.1) is 6.92 Å². The molecule has 1 N–H and O–H groups in total. The molecule has 0 unspecified atom stereocenters. The van der Waals surface area contributed by atoms with Gasteiger partial charge in [-0.3, -0.25) is 4.79 Å². The van der Waals surface area contributed by atoms with Crippen molar-refractivity contribution in [1.29, 1.82) is 0 Å². The number of hydrogen-bond donors (Lipinski definition) is 1. The average Bonchev–Trinajstić information content (AvgIpc) is 2.81. The van der Waals surface area contributed by atoms with Gasteiger partial charge in [0.1, 0.15) is 0 Å². The van der Waals surface area contributed by atoms with Crippen LogP contribution in [0.2, 0.25) is 0 Å². The van der Waals surface area contributed by atoms with Crippen molar-refractivity contribution in [1.82, 2.24) is 9.88 Å². The van der Waals surface area contributed by atoms with Gasteiger partial charge in [-0.25, -0.2) is 8.78 Å². The second-order valence-corrected chi connectivity index (χ2v) is 8.73. The van der Waals surface area contributed by atoms with E-state index in [1.165, 1.54) is 0 Å². The third-order valence-electron chi connectivity index (χ3n) is 6.75. The number of benzene rings is 2. The molecule has 1 aromatic heterocycles. The van der Waals surface area contributed by atoms with Gasteiger partial charge in [-0.1, -0.05) is 6.07 Å². The first-order chi connectivity index (χ1) is 15.5. The molecule has 3 heterocycles. The molecular formula is C25H28F2N4O. The molecule has 32 heavy (non-hydrogen) atoms. The molecule has 7 heteroatoms. The Balaban J connectivity index is 1.67. The van der Waals surface area contributed by atoms with E-state index in [-0.39, 0.29) is 11.1 Å². The van der Waals surface area contributed by atoms with Crippen LogP contribution in [0.1, 0.15) is 29.5 Å².